The van der Waals surface area contributed by atoms with Crippen molar-refractivity contribution in [1.82, 2.24) is 4.98 Å². The van der Waals surface area contributed by atoms with Crippen LogP contribution in [0.25, 0.3) is 10.9 Å². The van der Waals surface area contributed by atoms with E-state index < -0.39 is 6.10 Å². The Morgan fingerprint density at radius 1 is 1.05 bits per heavy atom. The first kappa shape index (κ1) is 13.6. The summed E-state index contributed by atoms with van der Waals surface area (Å²) in [6, 6.07) is 17.5. The zero-order valence-electron chi connectivity index (χ0n) is 11.9. The summed E-state index contributed by atoms with van der Waals surface area (Å²) in [7, 11) is 1.65. The van der Waals surface area contributed by atoms with E-state index in [-0.39, 0.29) is 0 Å². The third-order valence-electron chi connectivity index (χ3n) is 3.63. The van der Waals surface area contributed by atoms with E-state index in [1.165, 1.54) is 0 Å². The first-order chi connectivity index (χ1) is 10.3. The van der Waals surface area contributed by atoms with E-state index >= 15 is 0 Å². The Bertz CT molecular complexity index is 732. The lowest BCUT2D eigenvalue weighted by Crippen LogP contribution is -2.03. The van der Waals surface area contributed by atoms with Crippen LogP contribution in [0.2, 0.25) is 0 Å². The summed E-state index contributed by atoms with van der Waals surface area (Å²) >= 11 is 0. The minimum Gasteiger partial charge on any atom is -0.497 e. The highest BCUT2D eigenvalue weighted by Gasteiger charge is 2.12. The van der Waals surface area contributed by atoms with Crippen LogP contribution in [-0.4, -0.2) is 17.2 Å². The number of aromatic nitrogens is 1. The van der Waals surface area contributed by atoms with Gasteiger partial charge in [-0.1, -0.05) is 30.3 Å². The molecule has 3 rings (SSSR count). The van der Waals surface area contributed by atoms with Crippen LogP contribution in [0.5, 0.6) is 5.75 Å². The van der Waals surface area contributed by atoms with E-state index in [9.17, 15) is 5.11 Å². The van der Waals surface area contributed by atoms with Gasteiger partial charge in [0.15, 0.2) is 0 Å². The molecule has 0 aliphatic heterocycles. The van der Waals surface area contributed by atoms with Crippen LogP contribution < -0.4 is 4.74 Å². The molecule has 106 valence electrons. The molecule has 1 atom stereocenters. The lowest BCUT2D eigenvalue weighted by Gasteiger charge is -2.14. The summed E-state index contributed by atoms with van der Waals surface area (Å²) in [5.41, 5.74) is 2.89. The van der Waals surface area contributed by atoms with E-state index in [0.717, 1.165) is 27.8 Å². The average Bonchev–Trinajstić information content (AvgIpc) is 2.55. The Morgan fingerprint density at radius 3 is 2.62 bits per heavy atom. The van der Waals surface area contributed by atoms with Crippen molar-refractivity contribution in [3.8, 4) is 5.75 Å². The van der Waals surface area contributed by atoms with Crippen molar-refractivity contribution in [2.75, 3.05) is 7.11 Å². The lowest BCUT2D eigenvalue weighted by atomic mass is 9.98. The fraction of sp³-hybridized carbons (Fsp3) is 0.167. The molecule has 3 nitrogen and oxygen atoms in total. The van der Waals surface area contributed by atoms with Crippen molar-refractivity contribution in [1.29, 1.82) is 0 Å². The van der Waals surface area contributed by atoms with Gasteiger partial charge in [0.2, 0.25) is 0 Å². The van der Waals surface area contributed by atoms with Crippen molar-refractivity contribution in [2.24, 2.45) is 0 Å². The van der Waals surface area contributed by atoms with Crippen molar-refractivity contribution in [3.63, 3.8) is 0 Å². The quantitative estimate of drug-likeness (QED) is 0.794. The van der Waals surface area contributed by atoms with Crippen LogP contribution in [0.1, 0.15) is 17.2 Å². The Morgan fingerprint density at radius 2 is 1.86 bits per heavy atom. The van der Waals surface area contributed by atoms with Gasteiger partial charge in [-0.05, 0) is 35.4 Å². The first-order valence-electron chi connectivity index (χ1n) is 6.92. The summed E-state index contributed by atoms with van der Waals surface area (Å²) < 4.78 is 5.15. The van der Waals surface area contributed by atoms with Gasteiger partial charge in [0.05, 0.1) is 18.7 Å². The van der Waals surface area contributed by atoms with Gasteiger partial charge in [0.25, 0.3) is 0 Å². The molecule has 0 amide bonds. The zero-order valence-corrected chi connectivity index (χ0v) is 11.9. The average molecular weight is 279 g/mol. The predicted octanol–water partition coefficient (Wildman–Crippen LogP) is 3.52. The lowest BCUT2D eigenvalue weighted by molar-refractivity contribution is 0.180. The fourth-order valence-electron chi connectivity index (χ4n) is 2.51. The number of aliphatic hydroxyl groups is 1. The minimum atomic E-state index is -0.550. The fourth-order valence-corrected chi connectivity index (χ4v) is 2.51. The highest BCUT2D eigenvalue weighted by atomic mass is 16.5. The molecule has 0 aliphatic carbocycles. The van der Waals surface area contributed by atoms with Gasteiger partial charge < -0.3 is 9.84 Å². The summed E-state index contributed by atoms with van der Waals surface area (Å²) in [5.74, 6) is 0.822. The molecule has 0 aliphatic rings. The Labute approximate surface area is 123 Å². The van der Waals surface area contributed by atoms with E-state index in [1.807, 2.05) is 54.6 Å². The van der Waals surface area contributed by atoms with E-state index in [2.05, 4.69) is 4.98 Å². The molecule has 0 saturated carbocycles. The third kappa shape index (κ3) is 2.88. The SMILES string of the molecule is COc1ccc(CC(O)c2cccc3ncccc23)cc1. The highest BCUT2D eigenvalue weighted by Crippen LogP contribution is 2.26. The number of hydrogen-bond donors (Lipinski definition) is 1. The largest absolute Gasteiger partial charge is 0.497 e. The number of fused-ring (bicyclic) bond motifs is 1. The van der Waals surface area contributed by atoms with Crippen LogP contribution in [0.3, 0.4) is 0 Å². The third-order valence-corrected chi connectivity index (χ3v) is 3.63. The van der Waals surface area contributed by atoms with Crippen LogP contribution in [0.4, 0.5) is 0 Å². The van der Waals surface area contributed by atoms with E-state index in [4.69, 9.17) is 4.74 Å². The van der Waals surface area contributed by atoms with E-state index in [1.54, 1.807) is 13.3 Å². The second-order valence-corrected chi connectivity index (χ2v) is 4.99. The number of aliphatic hydroxyl groups excluding tert-OH is 1. The molecular formula is C18H17NO2. The van der Waals surface area contributed by atoms with Gasteiger partial charge in [-0.2, -0.15) is 0 Å². The molecule has 0 saturated heterocycles. The smallest absolute Gasteiger partial charge is 0.118 e. The molecule has 1 heterocycles. The molecular weight excluding hydrogens is 262 g/mol. The number of pyridine rings is 1. The molecule has 1 aromatic heterocycles. The van der Waals surface area contributed by atoms with Crippen molar-refractivity contribution in [3.05, 3.63) is 71.9 Å². The summed E-state index contributed by atoms with van der Waals surface area (Å²) in [6.45, 7) is 0. The van der Waals surface area contributed by atoms with Gasteiger partial charge in [-0.15, -0.1) is 0 Å². The van der Waals surface area contributed by atoms with Crippen LogP contribution >= 0.6 is 0 Å². The second kappa shape index (κ2) is 5.94. The number of methoxy groups -OCH3 is 1. The zero-order chi connectivity index (χ0) is 14.7. The molecule has 0 bridgehead atoms. The van der Waals surface area contributed by atoms with Crippen LogP contribution in [-0.2, 0) is 6.42 Å². The maximum Gasteiger partial charge on any atom is 0.118 e. The standard InChI is InChI=1S/C18H17NO2/c1-21-14-9-7-13(8-10-14)12-18(20)16-4-2-6-17-15(16)5-3-11-19-17/h2-11,18,20H,12H2,1H3. The normalized spacial score (nSPS) is 12.3. The number of benzene rings is 2. The molecule has 2 aromatic carbocycles. The van der Waals surface area contributed by atoms with Crippen molar-refractivity contribution >= 4 is 10.9 Å². The number of nitrogens with zero attached hydrogens (tertiary/aromatic N) is 1. The topological polar surface area (TPSA) is 42.4 Å². The minimum absolute atomic E-state index is 0.550. The van der Waals surface area contributed by atoms with Crippen LogP contribution in [0, 0.1) is 0 Å². The first-order valence-corrected chi connectivity index (χ1v) is 6.92. The van der Waals surface area contributed by atoms with E-state index in [0.29, 0.717) is 6.42 Å². The molecule has 21 heavy (non-hydrogen) atoms. The van der Waals surface area contributed by atoms with Crippen molar-refractivity contribution < 1.29 is 9.84 Å². The number of ether oxygens (including phenoxy) is 1. The predicted molar refractivity (Wildman–Crippen MR) is 83.4 cm³/mol. The number of hydrogen-bond acceptors (Lipinski definition) is 3. The second-order valence-electron chi connectivity index (χ2n) is 4.99. The maximum absolute atomic E-state index is 10.5. The van der Waals surface area contributed by atoms with Gasteiger partial charge >= 0.3 is 0 Å². The van der Waals surface area contributed by atoms with Gasteiger partial charge in [-0.25, -0.2) is 0 Å². The van der Waals surface area contributed by atoms with Gasteiger partial charge in [-0.3, -0.25) is 4.98 Å². The molecule has 3 heteroatoms. The monoisotopic (exact) mass is 279 g/mol. The van der Waals surface area contributed by atoms with Crippen molar-refractivity contribution in [2.45, 2.75) is 12.5 Å². The molecule has 0 radical (unpaired) electrons. The maximum atomic E-state index is 10.5. The van der Waals surface area contributed by atoms with Gasteiger partial charge in [0, 0.05) is 18.0 Å². The Balaban J connectivity index is 1.88. The molecule has 0 spiro atoms. The summed E-state index contributed by atoms with van der Waals surface area (Å²) in [6.07, 6.45) is 1.78. The number of rotatable bonds is 4. The highest BCUT2D eigenvalue weighted by molar-refractivity contribution is 5.82. The Kier molecular flexibility index (Phi) is 3.84. The molecule has 1 unspecified atom stereocenters. The summed E-state index contributed by atoms with van der Waals surface area (Å²) in [4.78, 5) is 4.33. The summed E-state index contributed by atoms with van der Waals surface area (Å²) in [5, 5.41) is 11.5. The van der Waals surface area contributed by atoms with Gasteiger partial charge in [0.1, 0.15) is 5.75 Å². The molecule has 1 N–H and O–H groups in total. The van der Waals surface area contributed by atoms with Crippen LogP contribution in [0.15, 0.2) is 60.8 Å². The molecule has 3 aromatic rings. The Hall–Kier alpha value is -2.39. The molecule has 0 fully saturated rings.